The van der Waals surface area contributed by atoms with Crippen LogP contribution in [0.5, 0.6) is 5.75 Å². The number of halogens is 2. The van der Waals surface area contributed by atoms with E-state index in [4.69, 9.17) is 10.5 Å². The molecule has 1 atom stereocenters. The van der Waals surface area contributed by atoms with Gasteiger partial charge in [-0.05, 0) is 18.6 Å². The molecule has 2 N–H and O–H groups in total. The Kier molecular flexibility index (Phi) is 4.49. The van der Waals surface area contributed by atoms with Crippen LogP contribution in [0.4, 0.5) is 8.78 Å². The van der Waals surface area contributed by atoms with Crippen molar-refractivity contribution in [3.8, 4) is 5.75 Å². The zero-order chi connectivity index (χ0) is 11.3. The lowest BCUT2D eigenvalue weighted by atomic mass is 10.2. The first kappa shape index (κ1) is 11.9. The summed E-state index contributed by atoms with van der Waals surface area (Å²) < 4.78 is 31.2. The third-order valence-corrected chi connectivity index (χ3v) is 2.02. The van der Waals surface area contributed by atoms with E-state index in [1.807, 2.05) is 6.92 Å². The van der Waals surface area contributed by atoms with Crippen molar-refractivity contribution in [3.63, 3.8) is 0 Å². The van der Waals surface area contributed by atoms with Crippen LogP contribution >= 0.6 is 0 Å². The fraction of sp³-hybridized carbons (Fsp3) is 0.455. The van der Waals surface area contributed by atoms with Crippen molar-refractivity contribution in [1.29, 1.82) is 0 Å². The maximum atomic E-state index is 13.1. The molecular weight excluding hydrogens is 200 g/mol. The average molecular weight is 215 g/mol. The molecule has 1 aromatic carbocycles. The van der Waals surface area contributed by atoms with Crippen molar-refractivity contribution in [3.05, 3.63) is 29.8 Å². The van der Waals surface area contributed by atoms with Crippen LogP contribution in [0.1, 0.15) is 19.8 Å². The first-order valence-electron chi connectivity index (χ1n) is 4.97. The normalized spacial score (nSPS) is 12.5. The summed E-state index contributed by atoms with van der Waals surface area (Å²) in [5, 5.41) is 0. The Morgan fingerprint density at radius 2 is 1.93 bits per heavy atom. The molecule has 2 nitrogen and oxygen atoms in total. The van der Waals surface area contributed by atoms with Crippen molar-refractivity contribution in [2.45, 2.75) is 25.8 Å². The van der Waals surface area contributed by atoms with Crippen LogP contribution in [-0.4, -0.2) is 12.6 Å². The second-order valence-corrected chi connectivity index (χ2v) is 3.41. The standard InChI is InChI=1S/C11H15F2NO/c1-2-4-8(14)7-15-11-9(12)5-3-6-10(11)13/h3,5-6,8H,2,4,7,14H2,1H3. The molecule has 0 spiro atoms. The summed E-state index contributed by atoms with van der Waals surface area (Å²) >= 11 is 0. The highest BCUT2D eigenvalue weighted by Crippen LogP contribution is 2.20. The second-order valence-electron chi connectivity index (χ2n) is 3.41. The van der Waals surface area contributed by atoms with E-state index in [-0.39, 0.29) is 18.4 Å². The largest absolute Gasteiger partial charge is 0.486 e. The molecule has 1 unspecified atom stereocenters. The van der Waals surface area contributed by atoms with Gasteiger partial charge < -0.3 is 10.5 Å². The van der Waals surface area contributed by atoms with E-state index in [1.165, 1.54) is 6.07 Å². The predicted octanol–water partition coefficient (Wildman–Crippen LogP) is 2.47. The minimum absolute atomic E-state index is 0.131. The van der Waals surface area contributed by atoms with Gasteiger partial charge in [0.15, 0.2) is 17.4 Å². The van der Waals surface area contributed by atoms with Crippen LogP contribution in [-0.2, 0) is 0 Å². The van der Waals surface area contributed by atoms with Gasteiger partial charge in [-0.2, -0.15) is 0 Å². The van der Waals surface area contributed by atoms with Crippen molar-refractivity contribution >= 4 is 0 Å². The lowest BCUT2D eigenvalue weighted by Crippen LogP contribution is -2.27. The quantitative estimate of drug-likeness (QED) is 0.818. The summed E-state index contributed by atoms with van der Waals surface area (Å²) in [6.07, 6.45) is 1.69. The molecule has 0 aromatic heterocycles. The number of para-hydroxylation sites is 1. The highest BCUT2D eigenvalue weighted by molar-refractivity contribution is 5.25. The predicted molar refractivity (Wildman–Crippen MR) is 54.7 cm³/mol. The fourth-order valence-corrected chi connectivity index (χ4v) is 1.26. The maximum absolute atomic E-state index is 13.1. The van der Waals surface area contributed by atoms with E-state index in [0.29, 0.717) is 0 Å². The first-order valence-corrected chi connectivity index (χ1v) is 4.97. The molecule has 84 valence electrons. The number of benzene rings is 1. The summed E-state index contributed by atoms with van der Waals surface area (Å²) in [6.45, 7) is 2.12. The lowest BCUT2D eigenvalue weighted by Gasteiger charge is -2.12. The third-order valence-electron chi connectivity index (χ3n) is 2.02. The molecule has 0 amide bonds. The van der Waals surface area contributed by atoms with E-state index in [1.54, 1.807) is 0 Å². The molecule has 0 radical (unpaired) electrons. The van der Waals surface area contributed by atoms with Crippen LogP contribution in [0.25, 0.3) is 0 Å². The van der Waals surface area contributed by atoms with Crippen molar-refractivity contribution in [1.82, 2.24) is 0 Å². The van der Waals surface area contributed by atoms with Crippen LogP contribution < -0.4 is 10.5 Å². The SMILES string of the molecule is CCCC(N)COc1c(F)cccc1F. The zero-order valence-electron chi connectivity index (χ0n) is 8.67. The van der Waals surface area contributed by atoms with E-state index in [9.17, 15) is 8.78 Å². The summed E-state index contributed by atoms with van der Waals surface area (Å²) in [4.78, 5) is 0. The monoisotopic (exact) mass is 215 g/mol. The van der Waals surface area contributed by atoms with E-state index in [0.717, 1.165) is 25.0 Å². The van der Waals surface area contributed by atoms with Gasteiger partial charge in [-0.1, -0.05) is 19.4 Å². The molecule has 0 aliphatic rings. The summed E-state index contributed by atoms with van der Waals surface area (Å²) in [5.74, 6) is -1.73. The molecule has 1 aromatic rings. The molecule has 0 saturated heterocycles. The van der Waals surface area contributed by atoms with Crippen molar-refractivity contribution in [2.75, 3.05) is 6.61 Å². The smallest absolute Gasteiger partial charge is 0.190 e. The molecule has 0 aliphatic carbocycles. The molecule has 0 heterocycles. The molecule has 0 fully saturated rings. The van der Waals surface area contributed by atoms with Gasteiger partial charge in [0.2, 0.25) is 0 Å². The van der Waals surface area contributed by atoms with Gasteiger partial charge >= 0.3 is 0 Å². The molecular formula is C11H15F2NO. The van der Waals surface area contributed by atoms with Gasteiger partial charge in [0.25, 0.3) is 0 Å². The Bertz CT molecular complexity index is 297. The van der Waals surface area contributed by atoms with Gasteiger partial charge in [0.05, 0.1) is 0 Å². The second kappa shape index (κ2) is 5.66. The highest BCUT2D eigenvalue weighted by Gasteiger charge is 2.11. The molecule has 0 saturated carbocycles. The fourth-order valence-electron chi connectivity index (χ4n) is 1.26. The van der Waals surface area contributed by atoms with Crippen molar-refractivity contribution in [2.24, 2.45) is 5.73 Å². The Hall–Kier alpha value is -1.16. The lowest BCUT2D eigenvalue weighted by molar-refractivity contribution is 0.256. The number of hydrogen-bond acceptors (Lipinski definition) is 2. The Morgan fingerprint density at radius 3 is 2.47 bits per heavy atom. The van der Waals surface area contributed by atoms with E-state index < -0.39 is 11.6 Å². The van der Waals surface area contributed by atoms with Crippen LogP contribution in [0.15, 0.2) is 18.2 Å². The summed E-state index contributed by atoms with van der Waals surface area (Å²) in [5.41, 5.74) is 5.66. The van der Waals surface area contributed by atoms with Gasteiger partial charge in [0, 0.05) is 6.04 Å². The van der Waals surface area contributed by atoms with Gasteiger partial charge in [-0.25, -0.2) is 8.78 Å². The number of ether oxygens (including phenoxy) is 1. The third kappa shape index (κ3) is 3.47. The number of rotatable bonds is 5. The van der Waals surface area contributed by atoms with Crippen LogP contribution in [0, 0.1) is 11.6 Å². The van der Waals surface area contributed by atoms with Gasteiger partial charge in [-0.15, -0.1) is 0 Å². The van der Waals surface area contributed by atoms with E-state index in [2.05, 4.69) is 0 Å². The molecule has 4 heteroatoms. The Balaban J connectivity index is 2.57. The molecule has 0 aliphatic heterocycles. The summed E-state index contributed by atoms with van der Waals surface area (Å²) in [6, 6.07) is 3.42. The summed E-state index contributed by atoms with van der Waals surface area (Å²) in [7, 11) is 0. The van der Waals surface area contributed by atoms with Crippen LogP contribution in [0.3, 0.4) is 0 Å². The van der Waals surface area contributed by atoms with E-state index >= 15 is 0 Å². The zero-order valence-corrected chi connectivity index (χ0v) is 8.67. The maximum Gasteiger partial charge on any atom is 0.190 e. The Labute approximate surface area is 88.0 Å². The highest BCUT2D eigenvalue weighted by atomic mass is 19.1. The van der Waals surface area contributed by atoms with Gasteiger partial charge in [0.1, 0.15) is 6.61 Å². The average Bonchev–Trinajstić information content (AvgIpc) is 2.17. The topological polar surface area (TPSA) is 35.2 Å². The minimum atomic E-state index is -0.696. The molecule has 0 bridgehead atoms. The molecule has 15 heavy (non-hydrogen) atoms. The van der Waals surface area contributed by atoms with Gasteiger partial charge in [-0.3, -0.25) is 0 Å². The minimum Gasteiger partial charge on any atom is -0.486 e. The van der Waals surface area contributed by atoms with Crippen molar-refractivity contribution < 1.29 is 13.5 Å². The molecule has 1 rings (SSSR count). The van der Waals surface area contributed by atoms with Crippen LogP contribution in [0.2, 0.25) is 0 Å². The Morgan fingerprint density at radius 1 is 1.33 bits per heavy atom. The first-order chi connectivity index (χ1) is 7.15. The number of hydrogen-bond donors (Lipinski definition) is 1. The number of nitrogens with two attached hydrogens (primary N) is 1.